The zero-order chi connectivity index (χ0) is 16.4. The Labute approximate surface area is 134 Å². The molecule has 1 heterocycles. The van der Waals surface area contributed by atoms with Crippen LogP contribution in [0.1, 0.15) is 57.9 Å². The molecule has 2 aromatic rings. The number of carbonyl (C=O) groups is 2. The van der Waals surface area contributed by atoms with Gasteiger partial charge in [0.25, 0.3) is 5.91 Å². The molecule has 0 aliphatic heterocycles. The summed E-state index contributed by atoms with van der Waals surface area (Å²) in [5.41, 5.74) is 1.35. The number of aromatic carboxylic acids is 1. The lowest BCUT2D eigenvalue weighted by Gasteiger charge is -2.36. The van der Waals surface area contributed by atoms with E-state index < -0.39 is 5.97 Å². The molecule has 1 aliphatic rings. The van der Waals surface area contributed by atoms with Crippen molar-refractivity contribution in [3.63, 3.8) is 0 Å². The van der Waals surface area contributed by atoms with E-state index in [1.165, 1.54) is 11.6 Å². The molecule has 5 nitrogen and oxygen atoms in total. The first-order chi connectivity index (χ1) is 11.1. The van der Waals surface area contributed by atoms with Crippen LogP contribution in [0.5, 0.6) is 0 Å². The van der Waals surface area contributed by atoms with Crippen molar-refractivity contribution in [3.05, 3.63) is 59.0 Å². The number of hydrogen-bond donors (Lipinski definition) is 2. The van der Waals surface area contributed by atoms with E-state index in [9.17, 15) is 9.59 Å². The van der Waals surface area contributed by atoms with E-state index in [0.29, 0.717) is 18.1 Å². The molecule has 0 atom stereocenters. The minimum Gasteiger partial charge on any atom is -0.478 e. The highest BCUT2D eigenvalue weighted by Crippen LogP contribution is 2.36. The van der Waals surface area contributed by atoms with Crippen LogP contribution >= 0.6 is 0 Å². The van der Waals surface area contributed by atoms with Crippen molar-refractivity contribution < 1.29 is 19.1 Å². The first-order valence-electron chi connectivity index (χ1n) is 7.80. The van der Waals surface area contributed by atoms with Crippen LogP contribution in [0.15, 0.2) is 40.8 Å². The number of amides is 1. The fraction of sp³-hybridized carbons (Fsp3) is 0.333. The number of hydrogen-bond acceptors (Lipinski definition) is 3. The van der Waals surface area contributed by atoms with E-state index in [-0.39, 0.29) is 23.3 Å². The SMILES string of the molecule is CCc1oc(C(=O)NC2CC(c3ccccc3)C2)cc1C(=O)O. The molecule has 0 bridgehead atoms. The Hall–Kier alpha value is -2.56. The maximum absolute atomic E-state index is 12.2. The summed E-state index contributed by atoms with van der Waals surface area (Å²) in [4.78, 5) is 23.3. The highest BCUT2D eigenvalue weighted by molar-refractivity contribution is 5.96. The van der Waals surface area contributed by atoms with E-state index in [0.717, 1.165) is 12.8 Å². The molecular formula is C18H19NO4. The largest absolute Gasteiger partial charge is 0.478 e. The minimum atomic E-state index is -1.07. The van der Waals surface area contributed by atoms with E-state index in [4.69, 9.17) is 9.52 Å². The topological polar surface area (TPSA) is 79.5 Å². The molecule has 5 heteroatoms. The van der Waals surface area contributed by atoms with Gasteiger partial charge in [0.1, 0.15) is 11.3 Å². The van der Waals surface area contributed by atoms with E-state index in [2.05, 4.69) is 17.4 Å². The second-order valence-electron chi connectivity index (χ2n) is 5.86. The van der Waals surface area contributed by atoms with Crippen molar-refractivity contribution in [2.45, 2.75) is 38.1 Å². The van der Waals surface area contributed by atoms with Crippen molar-refractivity contribution in [2.75, 3.05) is 0 Å². The van der Waals surface area contributed by atoms with Gasteiger partial charge in [-0.15, -0.1) is 0 Å². The predicted molar refractivity (Wildman–Crippen MR) is 84.7 cm³/mol. The molecule has 1 aromatic heterocycles. The van der Waals surface area contributed by atoms with Crippen LogP contribution in [0, 0.1) is 0 Å². The van der Waals surface area contributed by atoms with Crippen LogP contribution < -0.4 is 5.32 Å². The zero-order valence-corrected chi connectivity index (χ0v) is 12.9. The number of carbonyl (C=O) groups excluding carboxylic acids is 1. The Morgan fingerprint density at radius 3 is 2.52 bits per heavy atom. The van der Waals surface area contributed by atoms with Gasteiger partial charge in [0.15, 0.2) is 5.76 Å². The fourth-order valence-corrected chi connectivity index (χ4v) is 2.97. The van der Waals surface area contributed by atoms with Gasteiger partial charge < -0.3 is 14.8 Å². The molecule has 1 aromatic carbocycles. The summed E-state index contributed by atoms with van der Waals surface area (Å²) >= 11 is 0. The summed E-state index contributed by atoms with van der Waals surface area (Å²) < 4.78 is 5.38. The third kappa shape index (κ3) is 3.13. The molecule has 1 amide bonds. The Morgan fingerprint density at radius 1 is 1.26 bits per heavy atom. The van der Waals surface area contributed by atoms with Crippen molar-refractivity contribution in [1.29, 1.82) is 0 Å². The molecule has 2 N–H and O–H groups in total. The second kappa shape index (κ2) is 6.28. The van der Waals surface area contributed by atoms with E-state index >= 15 is 0 Å². The van der Waals surface area contributed by atoms with Crippen molar-refractivity contribution in [3.8, 4) is 0 Å². The van der Waals surface area contributed by atoms with Crippen molar-refractivity contribution >= 4 is 11.9 Å². The fourth-order valence-electron chi connectivity index (χ4n) is 2.97. The number of aryl methyl sites for hydroxylation is 1. The standard InChI is InChI=1S/C18H19NO4/c1-2-15-14(18(21)22)10-16(23-15)17(20)19-13-8-12(9-13)11-6-4-3-5-7-11/h3-7,10,12-13H,2,8-9H2,1H3,(H,19,20)(H,21,22). The van der Waals surface area contributed by atoms with Gasteiger partial charge in [-0.1, -0.05) is 37.3 Å². The summed E-state index contributed by atoms with van der Waals surface area (Å²) in [6.45, 7) is 1.79. The molecule has 3 rings (SSSR count). The van der Waals surface area contributed by atoms with Crippen LogP contribution in [0.3, 0.4) is 0 Å². The van der Waals surface area contributed by atoms with Crippen molar-refractivity contribution in [1.82, 2.24) is 5.32 Å². The molecule has 23 heavy (non-hydrogen) atoms. The molecule has 1 saturated carbocycles. The monoisotopic (exact) mass is 313 g/mol. The highest BCUT2D eigenvalue weighted by atomic mass is 16.4. The maximum atomic E-state index is 12.2. The molecule has 1 fully saturated rings. The lowest BCUT2D eigenvalue weighted by molar-refractivity contribution is 0.0694. The number of furan rings is 1. The van der Waals surface area contributed by atoms with Gasteiger partial charge in [0.05, 0.1) is 0 Å². The second-order valence-corrected chi connectivity index (χ2v) is 5.86. The normalized spacial score (nSPS) is 19.9. The third-order valence-corrected chi connectivity index (χ3v) is 4.33. The highest BCUT2D eigenvalue weighted by Gasteiger charge is 2.32. The minimum absolute atomic E-state index is 0.0634. The van der Waals surface area contributed by atoms with Crippen LogP contribution in [0.4, 0.5) is 0 Å². The van der Waals surface area contributed by atoms with Gasteiger partial charge in [0, 0.05) is 18.5 Å². The first-order valence-corrected chi connectivity index (χ1v) is 7.80. The summed E-state index contributed by atoms with van der Waals surface area (Å²) in [5, 5.41) is 12.0. The number of carboxylic acid groups (broad SMARTS) is 1. The van der Waals surface area contributed by atoms with Crippen LogP contribution in [-0.2, 0) is 6.42 Å². The van der Waals surface area contributed by atoms with Gasteiger partial charge in [-0.2, -0.15) is 0 Å². The van der Waals surface area contributed by atoms with Gasteiger partial charge in [-0.3, -0.25) is 4.79 Å². The number of benzene rings is 1. The molecule has 1 aliphatic carbocycles. The van der Waals surface area contributed by atoms with E-state index in [1.807, 2.05) is 18.2 Å². The third-order valence-electron chi connectivity index (χ3n) is 4.33. The summed E-state index contributed by atoms with van der Waals surface area (Å²) in [5.74, 6) is -0.541. The predicted octanol–water partition coefficient (Wildman–Crippen LogP) is 3.22. The molecular weight excluding hydrogens is 294 g/mol. The lowest BCUT2D eigenvalue weighted by atomic mass is 9.76. The van der Waals surface area contributed by atoms with Crippen LogP contribution in [0.2, 0.25) is 0 Å². The van der Waals surface area contributed by atoms with Gasteiger partial charge >= 0.3 is 5.97 Å². The number of carboxylic acids is 1. The van der Waals surface area contributed by atoms with Gasteiger partial charge in [-0.05, 0) is 24.3 Å². The number of rotatable bonds is 5. The summed E-state index contributed by atoms with van der Waals surface area (Å²) in [7, 11) is 0. The molecule has 0 spiro atoms. The molecule has 0 saturated heterocycles. The molecule has 0 radical (unpaired) electrons. The Morgan fingerprint density at radius 2 is 1.96 bits per heavy atom. The first kappa shape index (κ1) is 15.3. The quantitative estimate of drug-likeness (QED) is 0.888. The molecule has 0 unspecified atom stereocenters. The van der Waals surface area contributed by atoms with Gasteiger partial charge in [-0.25, -0.2) is 4.79 Å². The zero-order valence-electron chi connectivity index (χ0n) is 12.9. The smallest absolute Gasteiger partial charge is 0.339 e. The number of nitrogens with one attached hydrogen (secondary N) is 1. The average molecular weight is 313 g/mol. The van der Waals surface area contributed by atoms with Crippen LogP contribution in [-0.4, -0.2) is 23.0 Å². The average Bonchev–Trinajstić information content (AvgIpc) is 2.95. The molecule has 120 valence electrons. The van der Waals surface area contributed by atoms with Gasteiger partial charge in [0.2, 0.25) is 0 Å². The Kier molecular flexibility index (Phi) is 4.19. The Bertz CT molecular complexity index is 714. The van der Waals surface area contributed by atoms with Crippen LogP contribution in [0.25, 0.3) is 0 Å². The Balaban J connectivity index is 1.60. The van der Waals surface area contributed by atoms with E-state index in [1.54, 1.807) is 6.92 Å². The summed E-state index contributed by atoms with van der Waals surface area (Å²) in [6.07, 6.45) is 2.22. The summed E-state index contributed by atoms with van der Waals surface area (Å²) in [6, 6.07) is 11.6. The maximum Gasteiger partial charge on any atom is 0.339 e. The van der Waals surface area contributed by atoms with Crippen molar-refractivity contribution in [2.24, 2.45) is 0 Å². The lowest BCUT2D eigenvalue weighted by Crippen LogP contribution is -2.43.